The fraction of sp³-hybridized carbons (Fsp3) is 0.320. The molecule has 0 amide bonds. The molecule has 1 saturated heterocycles. The maximum Gasteiger partial charge on any atom is 0.159 e. The van der Waals surface area contributed by atoms with E-state index in [0.717, 1.165) is 31.0 Å². The largest absolute Gasteiger partial charge is 0.355 e. The van der Waals surface area contributed by atoms with Gasteiger partial charge in [0.15, 0.2) is 5.82 Å². The van der Waals surface area contributed by atoms with E-state index in [9.17, 15) is 0 Å². The van der Waals surface area contributed by atoms with Crippen molar-refractivity contribution in [1.82, 2.24) is 15.2 Å². The number of rotatable bonds is 4. The Balaban J connectivity index is 1.39. The maximum absolute atomic E-state index is 4.70. The van der Waals surface area contributed by atoms with E-state index in [-0.39, 0.29) is 0 Å². The summed E-state index contributed by atoms with van der Waals surface area (Å²) in [6.45, 7) is 2.08. The van der Waals surface area contributed by atoms with E-state index in [2.05, 4.69) is 57.5 Å². The lowest BCUT2D eigenvalue weighted by Crippen LogP contribution is -2.35. The van der Waals surface area contributed by atoms with Crippen molar-refractivity contribution >= 4 is 16.6 Å². The van der Waals surface area contributed by atoms with Crippen LogP contribution in [-0.4, -0.2) is 28.3 Å². The Morgan fingerprint density at radius 3 is 2.45 bits per heavy atom. The molecule has 0 unspecified atom stereocenters. The molecule has 0 saturated carbocycles. The summed E-state index contributed by atoms with van der Waals surface area (Å²) in [5, 5.41) is 11.8. The summed E-state index contributed by atoms with van der Waals surface area (Å²) in [6, 6.07) is 12.7. The van der Waals surface area contributed by atoms with Crippen LogP contribution in [0.5, 0.6) is 0 Å². The van der Waals surface area contributed by atoms with E-state index in [1.807, 2.05) is 24.5 Å². The van der Waals surface area contributed by atoms with Gasteiger partial charge >= 0.3 is 0 Å². The Labute approximate surface area is 172 Å². The zero-order valence-corrected chi connectivity index (χ0v) is 16.7. The number of nitrogens with zero attached hydrogens (tertiary/aromatic N) is 4. The lowest BCUT2D eigenvalue weighted by atomic mass is 9.86. The highest BCUT2D eigenvalue weighted by Crippen LogP contribution is 2.33. The van der Waals surface area contributed by atoms with Gasteiger partial charge in [-0.05, 0) is 54.9 Å². The van der Waals surface area contributed by atoms with E-state index < -0.39 is 0 Å². The van der Waals surface area contributed by atoms with Gasteiger partial charge in [0.05, 0.1) is 5.69 Å². The molecule has 2 aliphatic rings. The quantitative estimate of drug-likeness (QED) is 0.629. The van der Waals surface area contributed by atoms with Gasteiger partial charge in [0, 0.05) is 42.7 Å². The number of hydrogen-bond donors (Lipinski definition) is 0. The maximum atomic E-state index is 4.70. The van der Waals surface area contributed by atoms with Crippen LogP contribution >= 0.6 is 0 Å². The van der Waals surface area contributed by atoms with Crippen molar-refractivity contribution in [2.24, 2.45) is 5.92 Å². The lowest BCUT2D eigenvalue weighted by molar-refractivity contribution is 0.460. The second-order valence-corrected chi connectivity index (χ2v) is 7.99. The molecule has 146 valence electrons. The SMILES string of the molecule is C1=CC(C2CCN(c3nnc(Cc4ccncc4)c4ccccc34)CC2)=CCC1. The van der Waals surface area contributed by atoms with Crippen LogP contribution in [0.3, 0.4) is 0 Å². The summed E-state index contributed by atoms with van der Waals surface area (Å²) >= 11 is 0. The minimum atomic E-state index is 0.688. The van der Waals surface area contributed by atoms with Crippen molar-refractivity contribution < 1.29 is 0 Å². The summed E-state index contributed by atoms with van der Waals surface area (Å²) in [5.41, 5.74) is 3.78. The second-order valence-electron chi connectivity index (χ2n) is 7.99. The van der Waals surface area contributed by atoms with E-state index >= 15 is 0 Å². The molecule has 29 heavy (non-hydrogen) atoms. The minimum absolute atomic E-state index is 0.688. The van der Waals surface area contributed by atoms with Crippen LogP contribution < -0.4 is 4.90 Å². The van der Waals surface area contributed by atoms with E-state index in [1.54, 1.807) is 5.57 Å². The van der Waals surface area contributed by atoms with Gasteiger partial charge in [0.1, 0.15) is 0 Å². The van der Waals surface area contributed by atoms with Gasteiger partial charge in [-0.3, -0.25) is 4.98 Å². The molecule has 0 atom stereocenters. The number of allylic oxidation sites excluding steroid dienone is 4. The van der Waals surface area contributed by atoms with Crippen LogP contribution in [0.2, 0.25) is 0 Å². The Morgan fingerprint density at radius 2 is 1.69 bits per heavy atom. The second kappa shape index (κ2) is 8.16. The monoisotopic (exact) mass is 382 g/mol. The fourth-order valence-electron chi connectivity index (χ4n) is 4.56. The van der Waals surface area contributed by atoms with Crippen LogP contribution in [0.1, 0.15) is 36.9 Å². The van der Waals surface area contributed by atoms with Crippen molar-refractivity contribution in [2.75, 3.05) is 18.0 Å². The first kappa shape index (κ1) is 18.0. The first-order valence-electron chi connectivity index (χ1n) is 10.6. The molecule has 3 aromatic rings. The molecule has 1 aliphatic heterocycles. The number of hydrogen-bond acceptors (Lipinski definition) is 4. The van der Waals surface area contributed by atoms with E-state index in [0.29, 0.717) is 5.92 Å². The number of pyridine rings is 1. The number of fused-ring (bicyclic) bond motifs is 1. The van der Waals surface area contributed by atoms with Gasteiger partial charge in [0.25, 0.3) is 0 Å². The molecular weight excluding hydrogens is 356 g/mol. The van der Waals surface area contributed by atoms with Crippen molar-refractivity contribution in [1.29, 1.82) is 0 Å². The van der Waals surface area contributed by atoms with Gasteiger partial charge < -0.3 is 4.90 Å². The third-order valence-electron chi connectivity index (χ3n) is 6.15. The van der Waals surface area contributed by atoms with Gasteiger partial charge in [-0.25, -0.2) is 0 Å². The topological polar surface area (TPSA) is 41.9 Å². The molecule has 0 N–H and O–H groups in total. The average Bonchev–Trinajstić information content (AvgIpc) is 2.81. The highest BCUT2D eigenvalue weighted by Gasteiger charge is 2.24. The van der Waals surface area contributed by atoms with Gasteiger partial charge in [-0.2, -0.15) is 5.10 Å². The van der Waals surface area contributed by atoms with Crippen molar-refractivity contribution in [2.45, 2.75) is 32.1 Å². The summed E-state index contributed by atoms with van der Waals surface area (Å²) in [7, 11) is 0. The molecule has 4 heteroatoms. The molecule has 0 radical (unpaired) electrons. The van der Waals surface area contributed by atoms with E-state index in [4.69, 9.17) is 5.10 Å². The molecule has 3 heterocycles. The summed E-state index contributed by atoms with van der Waals surface area (Å²) < 4.78 is 0. The average molecular weight is 383 g/mol. The molecule has 5 rings (SSSR count). The first-order valence-corrected chi connectivity index (χ1v) is 10.6. The molecule has 1 fully saturated rings. The molecule has 1 aliphatic carbocycles. The standard InChI is InChI=1S/C25H26N4/c1-2-6-20(7-3-1)21-12-16-29(17-13-21)25-23-9-5-4-8-22(23)24(27-28-25)18-19-10-14-26-15-11-19/h2,4-11,14-15,21H,1,3,12-13,16-18H2. The first-order chi connectivity index (χ1) is 14.4. The third kappa shape index (κ3) is 3.80. The Kier molecular flexibility index (Phi) is 5.08. The summed E-state index contributed by atoms with van der Waals surface area (Å²) in [5.74, 6) is 1.72. The number of piperidine rings is 1. The van der Waals surface area contributed by atoms with Crippen molar-refractivity contribution in [3.05, 3.63) is 83.9 Å². The van der Waals surface area contributed by atoms with Crippen LogP contribution in [0.4, 0.5) is 5.82 Å². The zero-order valence-electron chi connectivity index (χ0n) is 16.7. The van der Waals surface area contributed by atoms with Crippen molar-refractivity contribution in [3.8, 4) is 0 Å². The van der Waals surface area contributed by atoms with Crippen LogP contribution in [0.15, 0.2) is 72.6 Å². The molecule has 1 aromatic carbocycles. The van der Waals surface area contributed by atoms with E-state index in [1.165, 1.54) is 42.0 Å². The highest BCUT2D eigenvalue weighted by atomic mass is 15.3. The van der Waals surface area contributed by atoms with Crippen LogP contribution in [-0.2, 0) is 6.42 Å². The predicted molar refractivity (Wildman–Crippen MR) is 118 cm³/mol. The molecule has 2 aromatic heterocycles. The highest BCUT2D eigenvalue weighted by molar-refractivity contribution is 5.93. The van der Waals surface area contributed by atoms with Gasteiger partial charge in [0.2, 0.25) is 0 Å². The lowest BCUT2D eigenvalue weighted by Gasteiger charge is -2.34. The van der Waals surface area contributed by atoms with Crippen molar-refractivity contribution in [3.63, 3.8) is 0 Å². The Bertz CT molecular complexity index is 1050. The Hall–Kier alpha value is -3.01. The minimum Gasteiger partial charge on any atom is -0.355 e. The molecule has 0 bridgehead atoms. The Morgan fingerprint density at radius 1 is 0.897 bits per heavy atom. The van der Waals surface area contributed by atoms with Gasteiger partial charge in [-0.15, -0.1) is 5.10 Å². The number of anilines is 1. The van der Waals surface area contributed by atoms with Crippen LogP contribution in [0.25, 0.3) is 10.8 Å². The third-order valence-corrected chi connectivity index (χ3v) is 6.15. The smallest absolute Gasteiger partial charge is 0.159 e. The zero-order chi connectivity index (χ0) is 19.5. The fourth-order valence-corrected chi connectivity index (χ4v) is 4.56. The summed E-state index contributed by atoms with van der Waals surface area (Å²) in [4.78, 5) is 6.54. The summed E-state index contributed by atoms with van der Waals surface area (Å²) in [6.07, 6.45) is 16.3. The molecule has 0 spiro atoms. The molecule has 4 nitrogen and oxygen atoms in total. The normalized spacial score (nSPS) is 17.5. The predicted octanol–water partition coefficient (Wildman–Crippen LogP) is 5.11. The van der Waals surface area contributed by atoms with Gasteiger partial charge in [-0.1, -0.05) is 42.5 Å². The molecular formula is C25H26N4. The number of benzene rings is 1. The van der Waals surface area contributed by atoms with Crippen LogP contribution in [0, 0.1) is 5.92 Å². The number of aromatic nitrogens is 3.